The summed E-state index contributed by atoms with van der Waals surface area (Å²) < 4.78 is 50.6. The predicted molar refractivity (Wildman–Crippen MR) is 184 cm³/mol. The number of nitrogens with zero attached hydrogens (tertiary/aromatic N) is 2. The Morgan fingerprint density at radius 2 is 1.92 bits per heavy atom. The minimum absolute atomic E-state index is 0.0344. The van der Waals surface area contributed by atoms with Crippen LogP contribution in [0.5, 0.6) is 11.6 Å². The highest BCUT2D eigenvalue weighted by atomic mass is 32.2. The molecular weight excluding hydrogens is 682 g/mol. The molecule has 0 unspecified atom stereocenters. The Balaban J connectivity index is 1.30. The molecule has 4 amide bonds. The zero-order valence-corrected chi connectivity index (χ0v) is 30.0. The third-order valence-corrected chi connectivity index (χ3v) is 11.2. The van der Waals surface area contributed by atoms with Crippen LogP contribution in [0.1, 0.15) is 59.3 Å². The van der Waals surface area contributed by atoms with E-state index in [0.717, 1.165) is 5.39 Å². The van der Waals surface area contributed by atoms with E-state index in [0.29, 0.717) is 36.3 Å². The molecule has 1 saturated heterocycles. The van der Waals surface area contributed by atoms with Gasteiger partial charge in [-0.3, -0.25) is 19.1 Å². The van der Waals surface area contributed by atoms with Gasteiger partial charge in [0, 0.05) is 30.5 Å². The van der Waals surface area contributed by atoms with Crippen LogP contribution in [0.3, 0.4) is 0 Å². The number of nitrogens with one attached hydrogen (secondary N) is 3. The molecule has 3 fully saturated rings. The Kier molecular flexibility index (Phi) is 10.2. The van der Waals surface area contributed by atoms with Crippen LogP contribution in [-0.2, 0) is 33.9 Å². The number of ether oxygens (including phenoxy) is 4. The highest BCUT2D eigenvalue weighted by molar-refractivity contribution is 7.91. The van der Waals surface area contributed by atoms with Crippen molar-refractivity contribution in [3.8, 4) is 11.6 Å². The van der Waals surface area contributed by atoms with Crippen LogP contribution in [0.15, 0.2) is 42.6 Å². The van der Waals surface area contributed by atoms with Crippen molar-refractivity contribution in [1.29, 1.82) is 0 Å². The van der Waals surface area contributed by atoms with E-state index in [2.05, 4.69) is 20.3 Å². The van der Waals surface area contributed by atoms with Crippen molar-refractivity contribution in [2.75, 3.05) is 26.9 Å². The van der Waals surface area contributed by atoms with Gasteiger partial charge in [-0.2, -0.15) is 0 Å². The van der Waals surface area contributed by atoms with E-state index in [1.54, 1.807) is 52.3 Å². The fourth-order valence-corrected chi connectivity index (χ4v) is 7.88. The van der Waals surface area contributed by atoms with E-state index < -0.39 is 74.3 Å². The van der Waals surface area contributed by atoms with Crippen molar-refractivity contribution in [1.82, 2.24) is 25.2 Å². The normalized spacial score (nSPS) is 27.9. The molecule has 0 spiro atoms. The Morgan fingerprint density at radius 1 is 1.14 bits per heavy atom. The Hall–Kier alpha value is -4.44. The van der Waals surface area contributed by atoms with Crippen molar-refractivity contribution in [3.63, 3.8) is 0 Å². The number of alkyl carbamates (subject to hydrolysis) is 1. The highest BCUT2D eigenvalue weighted by Crippen LogP contribution is 2.46. The molecule has 6 rings (SSSR count). The van der Waals surface area contributed by atoms with Gasteiger partial charge >= 0.3 is 6.09 Å². The molecular formula is C35H45N5O10S. The second kappa shape index (κ2) is 14.3. The molecule has 0 radical (unpaired) electrons. The van der Waals surface area contributed by atoms with Crippen molar-refractivity contribution < 1.29 is 46.5 Å². The smallest absolute Gasteiger partial charge is 0.408 e. The van der Waals surface area contributed by atoms with Gasteiger partial charge in [-0.1, -0.05) is 12.2 Å². The van der Waals surface area contributed by atoms with Gasteiger partial charge in [0.2, 0.25) is 27.7 Å². The number of hydrogen-bond donors (Lipinski definition) is 3. The van der Waals surface area contributed by atoms with Crippen LogP contribution in [-0.4, -0.2) is 104 Å². The molecule has 0 bridgehead atoms. The Morgan fingerprint density at radius 3 is 2.65 bits per heavy atom. The van der Waals surface area contributed by atoms with Crippen LogP contribution in [0, 0.1) is 5.92 Å². The predicted octanol–water partition coefficient (Wildman–Crippen LogP) is 2.33. The number of carbonyl (C=O) groups is 4. The van der Waals surface area contributed by atoms with Crippen LogP contribution in [0.25, 0.3) is 10.8 Å². The molecule has 16 heteroatoms. The monoisotopic (exact) mass is 727 g/mol. The topological polar surface area (TPSA) is 192 Å². The zero-order valence-electron chi connectivity index (χ0n) is 29.2. The summed E-state index contributed by atoms with van der Waals surface area (Å²) in [5.41, 5.74) is -2.37. The number of methoxy groups -OCH3 is 1. The summed E-state index contributed by atoms with van der Waals surface area (Å²) in [6.07, 6.45) is 5.26. The maximum atomic E-state index is 14.3. The second-order valence-corrected chi connectivity index (χ2v) is 16.4. The van der Waals surface area contributed by atoms with Crippen molar-refractivity contribution >= 4 is 44.6 Å². The van der Waals surface area contributed by atoms with Gasteiger partial charge in [-0.05, 0) is 82.5 Å². The summed E-state index contributed by atoms with van der Waals surface area (Å²) in [4.78, 5) is 60.9. The van der Waals surface area contributed by atoms with Gasteiger partial charge in [0.25, 0.3) is 5.91 Å². The lowest BCUT2D eigenvalue weighted by Gasteiger charge is -2.30. The van der Waals surface area contributed by atoms with Gasteiger partial charge in [0.05, 0.1) is 25.5 Å². The average molecular weight is 728 g/mol. The second-order valence-electron chi connectivity index (χ2n) is 14.5. The third-order valence-electron chi connectivity index (χ3n) is 9.38. The van der Waals surface area contributed by atoms with Crippen molar-refractivity contribution in [2.45, 2.75) is 93.9 Å². The molecule has 276 valence electrons. The first-order valence-corrected chi connectivity index (χ1v) is 18.8. The lowest BCUT2D eigenvalue weighted by molar-refractivity contribution is -0.141. The van der Waals surface area contributed by atoms with Crippen LogP contribution in [0.2, 0.25) is 0 Å². The molecule has 2 aromatic rings. The van der Waals surface area contributed by atoms with Gasteiger partial charge in [0.1, 0.15) is 35.1 Å². The summed E-state index contributed by atoms with van der Waals surface area (Å²) in [5, 5.41) is 6.37. The Labute approximate surface area is 296 Å². The number of rotatable bonds is 7. The van der Waals surface area contributed by atoms with Gasteiger partial charge in [-0.25, -0.2) is 18.2 Å². The summed E-state index contributed by atoms with van der Waals surface area (Å²) in [7, 11) is -2.34. The van der Waals surface area contributed by atoms with Crippen molar-refractivity contribution in [2.24, 2.45) is 5.92 Å². The number of sulfonamides is 1. The first-order chi connectivity index (χ1) is 24.2. The van der Waals surface area contributed by atoms with Gasteiger partial charge in [0.15, 0.2) is 0 Å². The molecule has 4 aliphatic rings. The van der Waals surface area contributed by atoms with Crippen molar-refractivity contribution in [3.05, 3.63) is 42.6 Å². The lowest BCUT2D eigenvalue weighted by atomic mass is 10.1. The number of amides is 4. The average Bonchev–Trinajstić information content (AvgIpc) is 3.99. The van der Waals surface area contributed by atoms with E-state index in [1.807, 2.05) is 18.2 Å². The van der Waals surface area contributed by atoms with Gasteiger partial charge in [-0.15, -0.1) is 0 Å². The van der Waals surface area contributed by atoms with Crippen LogP contribution < -0.4 is 24.8 Å². The largest absolute Gasteiger partial charge is 0.497 e. The lowest BCUT2D eigenvalue weighted by Crippen LogP contribution is -2.58. The standard InChI is InChI=1S/C35H45N5O10S/c1-34(2,3)50-33(44)37-27-8-6-16-48-15-5-7-22-19-35(22,32(43)39-51(45,46)25-10-11-25)38-29(41)28-18-24(20-40(28)31(27)42)49-30-26-12-9-23(47-4)17-21(26)13-14-36-30/h5,7,9,12-14,17,22,24-25,27-28H,6,8,10-11,15-16,18-20H2,1-4H3,(H,37,44)(H,38,41)(H,39,43)/b7-5-/t22-,24+,27-,28-,35-/m0/s1. The SMILES string of the molecule is COc1ccc2c(O[C@@H]3C[C@H]4C(=O)N[C@@]5(C(=O)NS(=O)(=O)C6CC6)C[C@@H]5/C=C\COCCC[C@H](NC(=O)OC(C)(C)C)C(=O)N4C3)nccc2c1. The summed E-state index contributed by atoms with van der Waals surface area (Å²) in [5.74, 6) is -1.57. The van der Waals surface area contributed by atoms with E-state index in [1.165, 1.54) is 4.90 Å². The molecule has 1 aromatic heterocycles. The number of aromatic nitrogens is 1. The summed E-state index contributed by atoms with van der Waals surface area (Å²) in [6.45, 7) is 5.55. The fraction of sp³-hybridized carbons (Fsp3) is 0.571. The molecule has 3 heterocycles. The minimum atomic E-state index is -3.91. The molecule has 51 heavy (non-hydrogen) atoms. The summed E-state index contributed by atoms with van der Waals surface area (Å²) >= 11 is 0. The molecule has 5 atom stereocenters. The Bertz CT molecular complexity index is 1820. The van der Waals surface area contributed by atoms with Crippen LogP contribution in [0.4, 0.5) is 4.79 Å². The summed E-state index contributed by atoms with van der Waals surface area (Å²) in [6, 6.07) is 5.03. The third kappa shape index (κ3) is 8.38. The first kappa shape index (κ1) is 36.4. The minimum Gasteiger partial charge on any atom is -0.497 e. The number of pyridine rings is 1. The maximum Gasteiger partial charge on any atom is 0.408 e. The first-order valence-electron chi connectivity index (χ1n) is 17.2. The maximum absolute atomic E-state index is 14.3. The van der Waals surface area contributed by atoms with E-state index in [9.17, 15) is 27.6 Å². The number of fused-ring (bicyclic) bond motifs is 3. The van der Waals surface area contributed by atoms with Crippen LogP contribution >= 0.6 is 0 Å². The molecule has 3 N–H and O–H groups in total. The molecule has 2 aliphatic heterocycles. The van der Waals surface area contributed by atoms with E-state index >= 15 is 0 Å². The molecule has 15 nitrogen and oxygen atoms in total. The quantitative estimate of drug-likeness (QED) is 0.355. The van der Waals surface area contributed by atoms with E-state index in [4.69, 9.17) is 18.9 Å². The number of benzene rings is 1. The molecule has 1 aromatic carbocycles. The van der Waals surface area contributed by atoms with E-state index in [-0.39, 0.29) is 39.0 Å². The zero-order chi connectivity index (χ0) is 36.6. The van der Waals surface area contributed by atoms with Gasteiger partial charge < -0.3 is 34.5 Å². The molecule has 2 saturated carbocycles. The fourth-order valence-electron chi connectivity index (χ4n) is 6.52. The highest BCUT2D eigenvalue weighted by Gasteiger charge is 2.62. The number of carbonyl (C=O) groups excluding carboxylic acids is 4. The molecule has 2 aliphatic carbocycles. The number of hydrogen-bond acceptors (Lipinski definition) is 11.